The van der Waals surface area contributed by atoms with Crippen molar-refractivity contribution in [3.8, 4) is 0 Å². The summed E-state index contributed by atoms with van der Waals surface area (Å²) in [6.07, 6.45) is -4.78. The van der Waals surface area contributed by atoms with Gasteiger partial charge in [0.2, 0.25) is 5.91 Å². The standard InChI is InChI=1S/C22H22ClF4N5O3/c1-12-8-13(22(25,26)27)9-18(29-12)32-17(11-31(21(32)35)7-6-19(33)28-2)20(34)30(3)14-4-5-16(24)15(23)10-14/h4-5,8-10,17H,6-7,11H2,1-3H3,(H,28,33). The Kier molecular flexibility index (Phi) is 7.53. The fourth-order valence-corrected chi connectivity index (χ4v) is 3.81. The lowest BCUT2D eigenvalue weighted by molar-refractivity contribution is -0.137. The summed E-state index contributed by atoms with van der Waals surface area (Å²) in [6, 6.07) is 3.06. The number of hydrogen-bond acceptors (Lipinski definition) is 4. The molecule has 35 heavy (non-hydrogen) atoms. The van der Waals surface area contributed by atoms with Crippen molar-refractivity contribution >= 4 is 41.0 Å². The highest BCUT2D eigenvalue weighted by molar-refractivity contribution is 6.31. The van der Waals surface area contributed by atoms with Crippen molar-refractivity contribution in [3.63, 3.8) is 0 Å². The van der Waals surface area contributed by atoms with Gasteiger partial charge in [-0.15, -0.1) is 0 Å². The lowest BCUT2D eigenvalue weighted by Gasteiger charge is -2.27. The van der Waals surface area contributed by atoms with Crippen LogP contribution in [-0.2, 0) is 15.8 Å². The molecule has 1 N–H and O–H groups in total. The number of urea groups is 1. The highest BCUT2D eigenvalue weighted by Crippen LogP contribution is 2.34. The number of pyridine rings is 1. The Morgan fingerprint density at radius 1 is 1.26 bits per heavy atom. The lowest BCUT2D eigenvalue weighted by atomic mass is 10.1. The number of likely N-dealkylation sites (N-methyl/N-ethyl adjacent to an activating group) is 1. The van der Waals surface area contributed by atoms with E-state index < -0.39 is 35.5 Å². The Morgan fingerprint density at radius 2 is 1.94 bits per heavy atom. The summed E-state index contributed by atoms with van der Waals surface area (Å²) in [7, 11) is 2.79. The van der Waals surface area contributed by atoms with E-state index in [2.05, 4.69) is 10.3 Å². The molecule has 188 valence electrons. The van der Waals surface area contributed by atoms with Crippen LogP contribution in [0.5, 0.6) is 0 Å². The van der Waals surface area contributed by atoms with Gasteiger partial charge >= 0.3 is 12.2 Å². The second-order valence-electron chi connectivity index (χ2n) is 7.89. The molecule has 0 radical (unpaired) electrons. The third kappa shape index (κ3) is 5.64. The Hall–Kier alpha value is -3.41. The average Bonchev–Trinajstić information content (AvgIpc) is 3.13. The van der Waals surface area contributed by atoms with E-state index in [0.717, 1.165) is 21.9 Å². The quantitative estimate of drug-likeness (QED) is 0.596. The van der Waals surface area contributed by atoms with E-state index in [1.54, 1.807) is 0 Å². The summed E-state index contributed by atoms with van der Waals surface area (Å²) in [6.45, 7) is 1.07. The van der Waals surface area contributed by atoms with Crippen LogP contribution in [0.25, 0.3) is 0 Å². The predicted molar refractivity (Wildman–Crippen MR) is 121 cm³/mol. The fourth-order valence-electron chi connectivity index (χ4n) is 3.63. The molecule has 1 aromatic carbocycles. The van der Waals surface area contributed by atoms with Gasteiger partial charge in [-0.1, -0.05) is 11.6 Å². The summed E-state index contributed by atoms with van der Waals surface area (Å²) in [5.41, 5.74) is -0.816. The van der Waals surface area contributed by atoms with Crippen LogP contribution in [-0.4, -0.2) is 61.0 Å². The van der Waals surface area contributed by atoms with E-state index in [0.29, 0.717) is 6.07 Å². The molecule has 2 aromatic rings. The number of carbonyl (C=O) groups is 3. The molecular formula is C22H22ClF4N5O3. The summed E-state index contributed by atoms with van der Waals surface area (Å²) in [4.78, 5) is 45.6. The highest BCUT2D eigenvalue weighted by Gasteiger charge is 2.45. The molecule has 1 aliphatic rings. The largest absolute Gasteiger partial charge is 0.416 e. The van der Waals surface area contributed by atoms with Crippen LogP contribution in [0.1, 0.15) is 17.7 Å². The molecule has 8 nitrogen and oxygen atoms in total. The third-order valence-electron chi connectivity index (χ3n) is 5.49. The Morgan fingerprint density at radius 3 is 2.54 bits per heavy atom. The van der Waals surface area contributed by atoms with Gasteiger partial charge in [-0.2, -0.15) is 13.2 Å². The number of halogens is 5. The first kappa shape index (κ1) is 26.2. The smallest absolute Gasteiger partial charge is 0.359 e. The van der Waals surface area contributed by atoms with E-state index >= 15 is 0 Å². The van der Waals surface area contributed by atoms with E-state index in [1.807, 2.05) is 0 Å². The molecule has 1 fully saturated rings. The van der Waals surface area contributed by atoms with Gasteiger partial charge in [-0.05, 0) is 37.3 Å². The van der Waals surface area contributed by atoms with Crippen molar-refractivity contribution in [2.24, 2.45) is 0 Å². The third-order valence-corrected chi connectivity index (χ3v) is 5.78. The number of aromatic nitrogens is 1. The van der Waals surface area contributed by atoms with E-state index in [4.69, 9.17) is 11.6 Å². The zero-order valence-electron chi connectivity index (χ0n) is 19.0. The summed E-state index contributed by atoms with van der Waals surface area (Å²) in [5.74, 6) is -2.07. The van der Waals surface area contributed by atoms with Crippen LogP contribution < -0.4 is 15.1 Å². The summed E-state index contributed by atoms with van der Waals surface area (Å²) < 4.78 is 53.9. The lowest BCUT2D eigenvalue weighted by Crippen LogP contribution is -2.47. The molecule has 0 bridgehead atoms. The van der Waals surface area contributed by atoms with Crippen LogP contribution in [0.4, 0.5) is 33.9 Å². The molecule has 1 atom stereocenters. The summed E-state index contributed by atoms with van der Waals surface area (Å²) in [5, 5.41) is 2.18. The number of rotatable bonds is 6. The number of amides is 4. The van der Waals surface area contributed by atoms with Crippen molar-refractivity contribution in [1.82, 2.24) is 15.2 Å². The minimum absolute atomic E-state index is 0.00342. The first-order valence-corrected chi connectivity index (χ1v) is 10.8. The first-order chi connectivity index (χ1) is 16.3. The predicted octanol–water partition coefficient (Wildman–Crippen LogP) is 3.61. The van der Waals surface area contributed by atoms with Crippen LogP contribution in [0.15, 0.2) is 30.3 Å². The molecule has 13 heteroatoms. The number of nitrogens with zero attached hydrogens (tertiary/aromatic N) is 4. The Bertz CT molecular complexity index is 1160. The zero-order chi connectivity index (χ0) is 26.1. The van der Waals surface area contributed by atoms with Crippen molar-refractivity contribution in [2.45, 2.75) is 25.6 Å². The molecule has 3 rings (SSSR count). The molecule has 1 saturated heterocycles. The van der Waals surface area contributed by atoms with Gasteiger partial charge in [0.15, 0.2) is 0 Å². The molecule has 0 spiro atoms. The van der Waals surface area contributed by atoms with Gasteiger partial charge < -0.3 is 15.1 Å². The molecule has 2 heterocycles. The van der Waals surface area contributed by atoms with Crippen molar-refractivity contribution in [2.75, 3.05) is 37.0 Å². The number of aryl methyl sites for hydroxylation is 1. The minimum atomic E-state index is -4.70. The van der Waals surface area contributed by atoms with Crippen LogP contribution >= 0.6 is 11.6 Å². The van der Waals surface area contributed by atoms with Crippen molar-refractivity contribution < 1.29 is 31.9 Å². The maximum absolute atomic E-state index is 13.6. The SMILES string of the molecule is CNC(=O)CCN1CC(C(=O)N(C)c2ccc(F)c(Cl)c2)N(c2cc(C(F)(F)F)cc(C)n2)C1=O. The average molecular weight is 516 g/mol. The van der Waals surface area contributed by atoms with Crippen molar-refractivity contribution in [1.29, 1.82) is 0 Å². The van der Waals surface area contributed by atoms with E-state index in [1.165, 1.54) is 38.1 Å². The van der Waals surface area contributed by atoms with Gasteiger partial charge in [-0.3, -0.25) is 14.5 Å². The molecule has 0 aliphatic carbocycles. The van der Waals surface area contributed by atoms with Gasteiger partial charge in [0, 0.05) is 38.4 Å². The number of carbonyl (C=O) groups excluding carboxylic acids is 3. The van der Waals surface area contributed by atoms with Gasteiger partial charge in [-0.25, -0.2) is 14.2 Å². The number of benzene rings is 1. The fraction of sp³-hybridized carbons (Fsp3) is 0.364. The van der Waals surface area contributed by atoms with Crippen LogP contribution in [0.2, 0.25) is 5.02 Å². The zero-order valence-corrected chi connectivity index (χ0v) is 19.7. The van der Waals surface area contributed by atoms with E-state index in [-0.39, 0.29) is 47.6 Å². The van der Waals surface area contributed by atoms with Crippen LogP contribution in [0.3, 0.4) is 0 Å². The Labute approximate surface area is 203 Å². The van der Waals surface area contributed by atoms with E-state index in [9.17, 15) is 31.9 Å². The molecule has 1 aromatic heterocycles. The normalized spacial score (nSPS) is 16.0. The second kappa shape index (κ2) is 10.1. The molecule has 4 amide bonds. The second-order valence-corrected chi connectivity index (χ2v) is 8.29. The van der Waals surface area contributed by atoms with Crippen LogP contribution in [0, 0.1) is 12.7 Å². The topological polar surface area (TPSA) is 85.8 Å². The maximum atomic E-state index is 13.6. The molecule has 1 aliphatic heterocycles. The first-order valence-electron chi connectivity index (χ1n) is 10.4. The van der Waals surface area contributed by atoms with Gasteiger partial charge in [0.1, 0.15) is 17.7 Å². The van der Waals surface area contributed by atoms with Gasteiger partial charge in [0.05, 0.1) is 17.1 Å². The van der Waals surface area contributed by atoms with Gasteiger partial charge in [0.25, 0.3) is 5.91 Å². The molecule has 1 unspecified atom stereocenters. The highest BCUT2D eigenvalue weighted by atomic mass is 35.5. The number of anilines is 2. The number of alkyl halides is 3. The number of nitrogens with one attached hydrogen (secondary N) is 1. The summed E-state index contributed by atoms with van der Waals surface area (Å²) >= 11 is 5.82. The minimum Gasteiger partial charge on any atom is -0.359 e. The number of hydrogen-bond donors (Lipinski definition) is 1. The van der Waals surface area contributed by atoms with Crippen molar-refractivity contribution in [3.05, 3.63) is 52.4 Å². The Balaban J connectivity index is 2.01. The monoisotopic (exact) mass is 515 g/mol. The molecular weight excluding hydrogens is 494 g/mol. The molecule has 0 saturated carbocycles. The maximum Gasteiger partial charge on any atom is 0.416 e.